The van der Waals surface area contributed by atoms with Crippen molar-refractivity contribution < 1.29 is 17.9 Å². The van der Waals surface area contributed by atoms with E-state index in [4.69, 9.17) is 10.5 Å². The number of nitrogens with two attached hydrogens (primary N) is 1. The molecule has 1 atom stereocenters. The lowest BCUT2D eigenvalue weighted by molar-refractivity contribution is 0.0292. The summed E-state index contributed by atoms with van der Waals surface area (Å²) in [5.74, 6) is 0.0471. The smallest absolute Gasteiger partial charge is 0.410 e. The van der Waals surface area contributed by atoms with E-state index in [1.807, 2.05) is 26.8 Å². The summed E-state index contributed by atoms with van der Waals surface area (Å²) in [7, 11) is -3.16. The predicted molar refractivity (Wildman–Crippen MR) is 94.6 cm³/mol. The molecular weight excluding hydrogens is 328 g/mol. The average molecular weight is 354 g/mol. The first-order valence-corrected chi connectivity index (χ1v) is 10.0. The fourth-order valence-electron chi connectivity index (χ4n) is 2.94. The zero-order valence-electron chi connectivity index (χ0n) is 14.7. The topological polar surface area (TPSA) is 89.7 Å². The van der Waals surface area contributed by atoms with Crippen LogP contribution in [-0.2, 0) is 20.3 Å². The van der Waals surface area contributed by atoms with Gasteiger partial charge in [-0.2, -0.15) is 0 Å². The van der Waals surface area contributed by atoms with Crippen molar-refractivity contribution in [3.05, 3.63) is 29.3 Å². The number of ether oxygens (including phenoxy) is 1. The number of hydrogen-bond acceptors (Lipinski definition) is 5. The molecule has 24 heavy (non-hydrogen) atoms. The summed E-state index contributed by atoms with van der Waals surface area (Å²) < 4.78 is 28.8. The normalized spacial score (nSPS) is 18.7. The van der Waals surface area contributed by atoms with Crippen LogP contribution in [0.25, 0.3) is 0 Å². The second kappa shape index (κ2) is 6.63. The average Bonchev–Trinajstić information content (AvgIpc) is 2.84. The molecule has 7 heteroatoms. The number of carbonyl (C=O) groups excluding carboxylic acids is 1. The van der Waals surface area contributed by atoms with Gasteiger partial charge < -0.3 is 15.4 Å². The molecule has 0 spiro atoms. The van der Waals surface area contributed by atoms with Gasteiger partial charge in [0.05, 0.1) is 5.75 Å². The summed E-state index contributed by atoms with van der Waals surface area (Å²) >= 11 is 0. The number of amides is 1. The highest BCUT2D eigenvalue weighted by molar-refractivity contribution is 7.89. The Morgan fingerprint density at radius 3 is 2.62 bits per heavy atom. The first-order chi connectivity index (χ1) is 10.9. The van der Waals surface area contributed by atoms with Gasteiger partial charge in [0.1, 0.15) is 5.60 Å². The van der Waals surface area contributed by atoms with Crippen molar-refractivity contribution in [3.63, 3.8) is 0 Å². The fourth-order valence-corrected chi connectivity index (χ4v) is 3.75. The molecule has 6 nitrogen and oxygen atoms in total. The van der Waals surface area contributed by atoms with E-state index in [9.17, 15) is 13.2 Å². The van der Waals surface area contributed by atoms with E-state index < -0.39 is 15.4 Å². The molecular formula is C17H26N2O4S. The highest BCUT2D eigenvalue weighted by Crippen LogP contribution is 2.32. The van der Waals surface area contributed by atoms with Crippen LogP contribution < -0.4 is 5.73 Å². The van der Waals surface area contributed by atoms with E-state index in [-0.39, 0.29) is 17.8 Å². The molecule has 1 aromatic rings. The van der Waals surface area contributed by atoms with Gasteiger partial charge in [-0.25, -0.2) is 13.2 Å². The number of likely N-dealkylation sites (tertiary alicyclic amines) is 1. The third kappa shape index (κ3) is 5.12. The molecule has 0 unspecified atom stereocenters. The van der Waals surface area contributed by atoms with Gasteiger partial charge in [0.25, 0.3) is 0 Å². The molecule has 0 bridgehead atoms. The van der Waals surface area contributed by atoms with Crippen LogP contribution >= 0.6 is 0 Å². The van der Waals surface area contributed by atoms with Gasteiger partial charge in [0.2, 0.25) is 0 Å². The maximum Gasteiger partial charge on any atom is 0.410 e. The molecule has 1 aromatic carbocycles. The van der Waals surface area contributed by atoms with E-state index in [1.54, 1.807) is 17.0 Å². The van der Waals surface area contributed by atoms with Crippen LogP contribution in [0.1, 0.15) is 44.2 Å². The second-order valence-corrected chi connectivity index (χ2v) is 9.58. The molecule has 134 valence electrons. The van der Waals surface area contributed by atoms with Crippen LogP contribution in [-0.4, -0.2) is 44.4 Å². The van der Waals surface area contributed by atoms with Crippen molar-refractivity contribution in [1.29, 1.82) is 0 Å². The van der Waals surface area contributed by atoms with Crippen LogP contribution in [0.5, 0.6) is 0 Å². The van der Waals surface area contributed by atoms with Crippen molar-refractivity contribution in [2.75, 3.05) is 25.1 Å². The minimum Gasteiger partial charge on any atom is -0.444 e. The van der Waals surface area contributed by atoms with E-state index >= 15 is 0 Å². The Bertz CT molecular complexity index is 723. The van der Waals surface area contributed by atoms with Gasteiger partial charge in [-0.3, -0.25) is 0 Å². The Kier molecular flexibility index (Phi) is 5.13. The first kappa shape index (κ1) is 18.6. The zero-order valence-corrected chi connectivity index (χ0v) is 15.5. The molecule has 2 N–H and O–H groups in total. The lowest BCUT2D eigenvalue weighted by atomic mass is 9.94. The molecule has 1 fully saturated rings. The van der Waals surface area contributed by atoms with Crippen LogP contribution in [0.3, 0.4) is 0 Å². The van der Waals surface area contributed by atoms with Gasteiger partial charge in [-0.1, -0.05) is 6.07 Å². The summed E-state index contributed by atoms with van der Waals surface area (Å²) in [5, 5.41) is 0. The van der Waals surface area contributed by atoms with Crippen LogP contribution in [0.4, 0.5) is 10.5 Å². The third-order valence-corrected chi connectivity index (χ3v) is 4.70. The minimum atomic E-state index is -3.16. The predicted octanol–water partition coefficient (Wildman–Crippen LogP) is 2.54. The molecule has 2 rings (SSSR count). The monoisotopic (exact) mass is 354 g/mol. The molecule has 1 heterocycles. The lowest BCUT2D eigenvalue weighted by Gasteiger charge is -2.24. The summed E-state index contributed by atoms with van der Waals surface area (Å²) in [6, 6.07) is 5.36. The van der Waals surface area contributed by atoms with Crippen molar-refractivity contribution in [2.24, 2.45) is 0 Å². The maximum absolute atomic E-state index is 12.2. The van der Waals surface area contributed by atoms with Crippen LogP contribution in [0, 0.1) is 0 Å². The highest BCUT2D eigenvalue weighted by atomic mass is 32.2. The van der Waals surface area contributed by atoms with E-state index in [1.165, 1.54) is 6.26 Å². The Morgan fingerprint density at radius 2 is 2.04 bits per heavy atom. The van der Waals surface area contributed by atoms with Gasteiger partial charge in [0, 0.05) is 31.0 Å². The number of anilines is 1. The lowest BCUT2D eigenvalue weighted by Crippen LogP contribution is -2.35. The Hall–Kier alpha value is -1.76. The van der Waals surface area contributed by atoms with Gasteiger partial charge >= 0.3 is 6.09 Å². The zero-order chi connectivity index (χ0) is 18.1. The molecule has 0 aromatic heterocycles. The number of benzene rings is 1. The SMILES string of the molecule is CC(C)(C)OC(=O)N1CC[C@H](c2ccc(N)cc2CS(C)(=O)=O)C1. The Balaban J connectivity index is 2.17. The van der Waals surface area contributed by atoms with Gasteiger partial charge in [-0.15, -0.1) is 0 Å². The van der Waals surface area contributed by atoms with E-state index in [0.29, 0.717) is 24.3 Å². The standard InChI is InChI=1S/C17H26N2O4S/c1-17(2,3)23-16(20)19-8-7-12(10-19)15-6-5-14(18)9-13(15)11-24(4,21)22/h5-6,9,12H,7-8,10-11,18H2,1-4H3/t12-/m0/s1. The largest absolute Gasteiger partial charge is 0.444 e. The Morgan fingerprint density at radius 1 is 1.38 bits per heavy atom. The molecule has 0 radical (unpaired) electrons. The molecule has 1 amide bonds. The number of hydrogen-bond donors (Lipinski definition) is 1. The third-order valence-electron chi connectivity index (χ3n) is 3.86. The summed E-state index contributed by atoms with van der Waals surface area (Å²) in [5.41, 5.74) is 7.48. The number of carbonyl (C=O) groups is 1. The van der Waals surface area contributed by atoms with E-state index in [0.717, 1.165) is 12.0 Å². The molecule has 1 aliphatic rings. The molecule has 1 saturated heterocycles. The van der Waals surface area contributed by atoms with Crippen molar-refractivity contribution in [2.45, 2.75) is 44.5 Å². The molecule has 1 aliphatic heterocycles. The second-order valence-electron chi connectivity index (χ2n) is 7.44. The summed E-state index contributed by atoms with van der Waals surface area (Å²) in [4.78, 5) is 13.9. The van der Waals surface area contributed by atoms with Gasteiger partial charge in [-0.05, 0) is 50.5 Å². The molecule has 0 saturated carbocycles. The summed E-state index contributed by atoms with van der Waals surface area (Å²) in [6.07, 6.45) is 1.66. The number of nitrogens with zero attached hydrogens (tertiary/aromatic N) is 1. The molecule has 0 aliphatic carbocycles. The highest BCUT2D eigenvalue weighted by Gasteiger charge is 2.31. The number of sulfone groups is 1. The Labute approximate surface area is 143 Å². The minimum absolute atomic E-state index is 0.0453. The van der Waals surface area contributed by atoms with Crippen molar-refractivity contribution in [3.8, 4) is 0 Å². The van der Waals surface area contributed by atoms with Crippen LogP contribution in [0.2, 0.25) is 0 Å². The van der Waals surface area contributed by atoms with E-state index in [2.05, 4.69) is 0 Å². The van der Waals surface area contributed by atoms with Crippen LogP contribution in [0.15, 0.2) is 18.2 Å². The number of rotatable bonds is 3. The fraction of sp³-hybridized carbons (Fsp3) is 0.588. The van der Waals surface area contributed by atoms with Crippen molar-refractivity contribution in [1.82, 2.24) is 4.90 Å². The maximum atomic E-state index is 12.2. The first-order valence-electron chi connectivity index (χ1n) is 7.98. The number of nitrogen functional groups attached to an aromatic ring is 1. The van der Waals surface area contributed by atoms with Crippen molar-refractivity contribution >= 4 is 21.6 Å². The quantitative estimate of drug-likeness (QED) is 0.843. The summed E-state index contributed by atoms with van der Waals surface area (Å²) in [6.45, 7) is 6.63. The van der Waals surface area contributed by atoms with Gasteiger partial charge in [0.15, 0.2) is 9.84 Å².